The standard InChI is InChI=1S/C16H10F6N4OS/c1-8-2-4-9(5-3-8)26-12(16(20,21)22)10(6-23-26)13(27)25-14-24-11(7-28-14)15(17,18)19/h2-7H,1H3,(H,24,25,27). The van der Waals surface area contributed by atoms with Crippen molar-refractivity contribution >= 4 is 22.4 Å². The number of carbonyl (C=O) groups excluding carboxylic acids is 1. The lowest BCUT2D eigenvalue weighted by Crippen LogP contribution is -2.20. The fourth-order valence-electron chi connectivity index (χ4n) is 2.29. The zero-order valence-corrected chi connectivity index (χ0v) is 14.7. The summed E-state index contributed by atoms with van der Waals surface area (Å²) in [4.78, 5) is 15.4. The van der Waals surface area contributed by atoms with Gasteiger partial charge in [-0.3, -0.25) is 10.1 Å². The van der Waals surface area contributed by atoms with Crippen LogP contribution in [0, 0.1) is 6.92 Å². The number of hydrogen-bond donors (Lipinski definition) is 1. The van der Waals surface area contributed by atoms with Gasteiger partial charge in [-0.2, -0.15) is 31.4 Å². The lowest BCUT2D eigenvalue weighted by Gasteiger charge is -2.12. The van der Waals surface area contributed by atoms with Crippen molar-refractivity contribution in [2.45, 2.75) is 19.3 Å². The molecule has 0 saturated heterocycles. The SMILES string of the molecule is Cc1ccc(-n2ncc(C(=O)Nc3nc(C(F)(F)F)cs3)c2C(F)(F)F)cc1. The largest absolute Gasteiger partial charge is 0.434 e. The van der Waals surface area contributed by atoms with Crippen LogP contribution in [0.4, 0.5) is 31.5 Å². The van der Waals surface area contributed by atoms with Gasteiger partial charge in [-0.25, -0.2) is 9.67 Å². The Morgan fingerprint density at radius 1 is 1.07 bits per heavy atom. The van der Waals surface area contributed by atoms with Crippen molar-refractivity contribution in [3.05, 3.63) is 58.4 Å². The minimum absolute atomic E-state index is 0.0746. The molecule has 0 spiro atoms. The van der Waals surface area contributed by atoms with E-state index in [9.17, 15) is 31.1 Å². The summed E-state index contributed by atoms with van der Waals surface area (Å²) in [5.74, 6) is -1.27. The third-order valence-electron chi connectivity index (χ3n) is 3.58. The first-order chi connectivity index (χ1) is 13.0. The number of alkyl halides is 6. The van der Waals surface area contributed by atoms with Crippen molar-refractivity contribution in [1.82, 2.24) is 14.8 Å². The molecule has 5 nitrogen and oxygen atoms in total. The maximum atomic E-state index is 13.6. The van der Waals surface area contributed by atoms with Crippen molar-refractivity contribution < 1.29 is 31.1 Å². The number of rotatable bonds is 3. The van der Waals surface area contributed by atoms with Crippen LogP contribution in [0.5, 0.6) is 0 Å². The van der Waals surface area contributed by atoms with E-state index in [-0.39, 0.29) is 5.69 Å². The predicted octanol–water partition coefficient (Wildman–Crippen LogP) is 4.93. The van der Waals surface area contributed by atoms with E-state index < -0.39 is 40.3 Å². The first-order valence-electron chi connectivity index (χ1n) is 7.53. The molecule has 0 bridgehead atoms. The Bertz CT molecular complexity index is 1000. The molecule has 0 aliphatic rings. The van der Waals surface area contributed by atoms with Gasteiger partial charge in [-0.05, 0) is 19.1 Å². The van der Waals surface area contributed by atoms with Gasteiger partial charge in [0.15, 0.2) is 16.5 Å². The summed E-state index contributed by atoms with van der Waals surface area (Å²) in [5.41, 5.74) is -2.55. The zero-order chi connectivity index (χ0) is 20.7. The van der Waals surface area contributed by atoms with Gasteiger partial charge in [0, 0.05) is 5.38 Å². The molecule has 0 saturated carbocycles. The molecule has 1 N–H and O–H groups in total. The van der Waals surface area contributed by atoms with Crippen molar-refractivity contribution in [3.8, 4) is 5.69 Å². The van der Waals surface area contributed by atoms with Crippen molar-refractivity contribution in [3.63, 3.8) is 0 Å². The van der Waals surface area contributed by atoms with E-state index in [4.69, 9.17) is 0 Å². The van der Waals surface area contributed by atoms with Gasteiger partial charge in [0.1, 0.15) is 0 Å². The number of aromatic nitrogens is 3. The fourth-order valence-corrected chi connectivity index (χ4v) is 3.01. The molecule has 0 atom stereocenters. The van der Waals surface area contributed by atoms with Crippen LogP contribution in [0.3, 0.4) is 0 Å². The number of hydrogen-bond acceptors (Lipinski definition) is 4. The van der Waals surface area contributed by atoms with E-state index in [2.05, 4.69) is 10.1 Å². The molecule has 0 unspecified atom stereocenters. The molecular formula is C16H10F6N4OS. The third kappa shape index (κ3) is 4.01. The Morgan fingerprint density at radius 2 is 1.71 bits per heavy atom. The Morgan fingerprint density at radius 3 is 2.25 bits per heavy atom. The lowest BCUT2D eigenvalue weighted by molar-refractivity contribution is -0.143. The minimum atomic E-state index is -4.94. The molecule has 0 radical (unpaired) electrons. The van der Waals surface area contributed by atoms with Gasteiger partial charge < -0.3 is 0 Å². The molecule has 3 rings (SSSR count). The average molecular weight is 420 g/mol. The number of thiazole rings is 1. The number of nitrogens with zero attached hydrogens (tertiary/aromatic N) is 3. The highest BCUT2D eigenvalue weighted by Crippen LogP contribution is 2.35. The molecule has 1 aromatic carbocycles. The first kappa shape index (κ1) is 19.9. The van der Waals surface area contributed by atoms with E-state index in [1.807, 2.05) is 5.32 Å². The molecule has 0 fully saturated rings. The number of amides is 1. The van der Waals surface area contributed by atoms with Crippen molar-refractivity contribution in [2.24, 2.45) is 0 Å². The Hall–Kier alpha value is -2.89. The predicted molar refractivity (Wildman–Crippen MR) is 88.4 cm³/mol. The van der Waals surface area contributed by atoms with Gasteiger partial charge in [0.25, 0.3) is 5.91 Å². The minimum Gasteiger partial charge on any atom is -0.298 e. The average Bonchev–Trinajstić information content (AvgIpc) is 3.21. The van der Waals surface area contributed by atoms with Crippen LogP contribution < -0.4 is 5.32 Å². The summed E-state index contributed by atoms with van der Waals surface area (Å²) in [6, 6.07) is 5.95. The van der Waals surface area contributed by atoms with Gasteiger partial charge in [-0.1, -0.05) is 17.7 Å². The monoisotopic (exact) mass is 420 g/mol. The maximum Gasteiger partial charge on any atom is 0.434 e. The molecule has 0 aliphatic carbocycles. The van der Waals surface area contributed by atoms with E-state index >= 15 is 0 Å². The summed E-state index contributed by atoms with van der Waals surface area (Å²) >= 11 is 0.446. The van der Waals surface area contributed by atoms with Gasteiger partial charge in [-0.15, -0.1) is 11.3 Å². The highest BCUT2D eigenvalue weighted by Gasteiger charge is 2.41. The second-order valence-electron chi connectivity index (χ2n) is 5.64. The molecule has 12 heteroatoms. The normalized spacial score (nSPS) is 12.2. The quantitative estimate of drug-likeness (QED) is 0.612. The Kier molecular flexibility index (Phi) is 4.91. The summed E-state index contributed by atoms with van der Waals surface area (Å²) in [7, 11) is 0. The van der Waals surface area contributed by atoms with Crippen molar-refractivity contribution in [1.29, 1.82) is 0 Å². The smallest absolute Gasteiger partial charge is 0.298 e. The second kappa shape index (κ2) is 6.93. The first-order valence-corrected chi connectivity index (χ1v) is 8.41. The van der Waals surface area contributed by atoms with E-state index in [1.54, 1.807) is 19.1 Å². The van der Waals surface area contributed by atoms with E-state index in [1.165, 1.54) is 12.1 Å². The molecule has 3 aromatic rings. The van der Waals surface area contributed by atoms with Crippen LogP contribution in [0.2, 0.25) is 0 Å². The zero-order valence-electron chi connectivity index (χ0n) is 13.9. The number of carbonyl (C=O) groups is 1. The lowest BCUT2D eigenvalue weighted by atomic mass is 10.2. The Labute approximate surface area is 157 Å². The molecular weight excluding hydrogens is 410 g/mol. The maximum absolute atomic E-state index is 13.6. The van der Waals surface area contributed by atoms with Crippen molar-refractivity contribution in [2.75, 3.05) is 5.32 Å². The second-order valence-corrected chi connectivity index (χ2v) is 6.50. The fraction of sp³-hybridized carbons (Fsp3) is 0.188. The molecule has 2 heterocycles. The number of halogens is 6. The highest BCUT2D eigenvalue weighted by molar-refractivity contribution is 7.14. The molecule has 0 aliphatic heterocycles. The highest BCUT2D eigenvalue weighted by atomic mass is 32.1. The van der Waals surface area contributed by atoms with Crippen LogP contribution in [-0.2, 0) is 12.4 Å². The number of benzene rings is 1. The molecule has 2 aromatic heterocycles. The summed E-state index contributed by atoms with van der Waals surface area (Å²) < 4.78 is 79.0. The molecule has 1 amide bonds. The van der Waals surface area contributed by atoms with Gasteiger partial charge >= 0.3 is 12.4 Å². The number of nitrogens with one attached hydrogen (secondary N) is 1. The third-order valence-corrected chi connectivity index (χ3v) is 4.33. The van der Waals surface area contributed by atoms with Crippen LogP contribution >= 0.6 is 11.3 Å². The molecule has 28 heavy (non-hydrogen) atoms. The molecule has 148 valence electrons. The van der Waals surface area contributed by atoms with E-state index in [0.717, 1.165) is 5.56 Å². The van der Waals surface area contributed by atoms with Crippen LogP contribution in [0.25, 0.3) is 5.69 Å². The van der Waals surface area contributed by atoms with Crippen LogP contribution in [0.1, 0.15) is 27.3 Å². The number of anilines is 1. The van der Waals surface area contributed by atoms with Crippen LogP contribution in [-0.4, -0.2) is 20.7 Å². The Balaban J connectivity index is 1.96. The van der Waals surface area contributed by atoms with Gasteiger partial charge in [0.05, 0.1) is 17.4 Å². The summed E-state index contributed by atoms with van der Waals surface area (Å²) in [5, 5.41) is 5.75. The summed E-state index contributed by atoms with van der Waals surface area (Å²) in [6.07, 6.45) is -8.96. The topological polar surface area (TPSA) is 59.8 Å². The number of aryl methyl sites for hydroxylation is 1. The van der Waals surface area contributed by atoms with E-state index in [0.29, 0.717) is 27.6 Å². The van der Waals surface area contributed by atoms with Crippen LogP contribution in [0.15, 0.2) is 35.8 Å². The summed E-state index contributed by atoms with van der Waals surface area (Å²) in [6.45, 7) is 1.75. The van der Waals surface area contributed by atoms with Gasteiger partial charge in [0.2, 0.25) is 0 Å².